The van der Waals surface area contributed by atoms with Crippen molar-refractivity contribution in [3.8, 4) is 5.75 Å². The number of nitrogen functional groups attached to an aromatic ring is 1. The Kier molecular flexibility index (Phi) is 5.90. The third-order valence-corrected chi connectivity index (χ3v) is 5.25. The van der Waals surface area contributed by atoms with Crippen LogP contribution in [0.4, 0.5) is 0 Å². The number of hydrogen-bond acceptors (Lipinski definition) is 5. The molecular weight excluding hydrogens is 286 g/mol. The van der Waals surface area contributed by atoms with Gasteiger partial charge in [-0.3, -0.25) is 15.1 Å². The van der Waals surface area contributed by atoms with Gasteiger partial charge in [0.2, 0.25) is 0 Å². The van der Waals surface area contributed by atoms with Gasteiger partial charge < -0.3 is 4.74 Å². The molecule has 0 radical (unpaired) electrons. The highest BCUT2D eigenvalue weighted by atomic mass is 32.2. The predicted octanol–water partition coefficient (Wildman–Crippen LogP) is 1.49. The summed E-state index contributed by atoms with van der Waals surface area (Å²) in [4.78, 5) is 13.8. The lowest BCUT2D eigenvalue weighted by atomic mass is 10.2. The summed E-state index contributed by atoms with van der Waals surface area (Å²) in [6.07, 6.45) is 0. The molecular formula is C15H23N3O2S. The Morgan fingerprint density at radius 1 is 1.43 bits per heavy atom. The lowest BCUT2D eigenvalue weighted by Crippen LogP contribution is -2.46. The zero-order valence-corrected chi connectivity index (χ0v) is 13.4. The van der Waals surface area contributed by atoms with Gasteiger partial charge >= 0.3 is 0 Å². The van der Waals surface area contributed by atoms with Crippen LogP contribution in [0.3, 0.4) is 0 Å². The normalized spacial score (nSPS) is 22.8. The number of hydrogen-bond donors (Lipinski definition) is 2. The molecule has 1 amide bonds. The van der Waals surface area contributed by atoms with Crippen molar-refractivity contribution < 1.29 is 9.53 Å². The van der Waals surface area contributed by atoms with Gasteiger partial charge in [-0.25, -0.2) is 5.84 Å². The second-order valence-electron chi connectivity index (χ2n) is 5.20. The fourth-order valence-electron chi connectivity index (χ4n) is 2.38. The number of carbonyl (C=O) groups excluding carboxylic acids is 1. The molecule has 3 N–H and O–H groups in total. The minimum atomic E-state index is -0.296. The molecule has 0 spiro atoms. The molecule has 21 heavy (non-hydrogen) atoms. The third-order valence-electron chi connectivity index (χ3n) is 3.91. The molecule has 1 aromatic rings. The van der Waals surface area contributed by atoms with Crippen LogP contribution in [0.25, 0.3) is 0 Å². The molecule has 6 heteroatoms. The largest absolute Gasteiger partial charge is 0.492 e. The van der Waals surface area contributed by atoms with Gasteiger partial charge in [-0.15, -0.1) is 0 Å². The second kappa shape index (κ2) is 7.68. The van der Waals surface area contributed by atoms with E-state index in [2.05, 4.69) is 24.2 Å². The van der Waals surface area contributed by atoms with Gasteiger partial charge in [0.1, 0.15) is 12.4 Å². The van der Waals surface area contributed by atoms with Crippen molar-refractivity contribution in [3.63, 3.8) is 0 Å². The summed E-state index contributed by atoms with van der Waals surface area (Å²) < 4.78 is 5.75. The van der Waals surface area contributed by atoms with Crippen molar-refractivity contribution in [1.29, 1.82) is 0 Å². The standard InChI is InChI=1S/C15H23N3O2S/c1-11-12(2)21-10-8-18(11)7-9-20-14-5-3-13(4-6-14)15(19)17-16/h3-6,11-12H,7-10,16H2,1-2H3,(H,17,19). The van der Waals surface area contributed by atoms with E-state index < -0.39 is 0 Å². The first-order valence-electron chi connectivity index (χ1n) is 7.21. The molecule has 116 valence electrons. The minimum absolute atomic E-state index is 0.296. The van der Waals surface area contributed by atoms with Crippen molar-refractivity contribution in [1.82, 2.24) is 10.3 Å². The first-order chi connectivity index (χ1) is 10.1. The van der Waals surface area contributed by atoms with E-state index in [0.29, 0.717) is 23.5 Å². The van der Waals surface area contributed by atoms with E-state index in [-0.39, 0.29) is 5.91 Å². The Balaban J connectivity index is 1.79. The molecule has 2 atom stereocenters. The van der Waals surface area contributed by atoms with Gasteiger partial charge in [-0.05, 0) is 31.2 Å². The summed E-state index contributed by atoms with van der Waals surface area (Å²) in [6.45, 7) is 7.26. The van der Waals surface area contributed by atoms with Crippen LogP contribution in [0.2, 0.25) is 0 Å². The van der Waals surface area contributed by atoms with E-state index in [1.807, 2.05) is 11.8 Å². The van der Waals surface area contributed by atoms with Crippen molar-refractivity contribution in [2.75, 3.05) is 25.4 Å². The first kappa shape index (κ1) is 16.1. The predicted molar refractivity (Wildman–Crippen MR) is 86.5 cm³/mol. The topological polar surface area (TPSA) is 67.6 Å². The summed E-state index contributed by atoms with van der Waals surface area (Å²) in [5, 5.41) is 0.674. The van der Waals surface area contributed by atoms with E-state index in [1.54, 1.807) is 24.3 Å². The fourth-order valence-corrected chi connectivity index (χ4v) is 3.54. The maximum absolute atomic E-state index is 11.3. The fraction of sp³-hybridized carbons (Fsp3) is 0.533. The molecule has 0 aromatic heterocycles. The zero-order valence-electron chi connectivity index (χ0n) is 12.5. The number of hydrazine groups is 1. The number of rotatable bonds is 5. The SMILES string of the molecule is CC1SCCN(CCOc2ccc(C(=O)NN)cc2)C1C. The van der Waals surface area contributed by atoms with Crippen LogP contribution in [0.15, 0.2) is 24.3 Å². The Morgan fingerprint density at radius 3 is 2.81 bits per heavy atom. The van der Waals surface area contributed by atoms with E-state index in [4.69, 9.17) is 10.6 Å². The molecule has 2 rings (SSSR count). The molecule has 1 aliphatic rings. The molecule has 0 saturated carbocycles. The summed E-state index contributed by atoms with van der Waals surface area (Å²) in [5.74, 6) is 6.76. The maximum atomic E-state index is 11.3. The molecule has 2 unspecified atom stereocenters. The van der Waals surface area contributed by atoms with Gasteiger partial charge in [0.05, 0.1) is 0 Å². The van der Waals surface area contributed by atoms with E-state index >= 15 is 0 Å². The first-order valence-corrected chi connectivity index (χ1v) is 8.26. The Bertz CT molecular complexity index is 466. The molecule has 1 aliphatic heterocycles. The van der Waals surface area contributed by atoms with Crippen LogP contribution >= 0.6 is 11.8 Å². The number of ether oxygens (including phenoxy) is 1. The van der Waals surface area contributed by atoms with Crippen molar-refractivity contribution in [3.05, 3.63) is 29.8 Å². The zero-order chi connectivity index (χ0) is 15.2. The minimum Gasteiger partial charge on any atom is -0.492 e. The van der Waals surface area contributed by atoms with Crippen LogP contribution in [0, 0.1) is 0 Å². The van der Waals surface area contributed by atoms with Gasteiger partial charge in [0, 0.05) is 35.7 Å². The number of nitrogens with one attached hydrogen (secondary N) is 1. The van der Waals surface area contributed by atoms with Gasteiger partial charge in [-0.1, -0.05) is 6.92 Å². The van der Waals surface area contributed by atoms with Gasteiger partial charge in [-0.2, -0.15) is 11.8 Å². The van der Waals surface area contributed by atoms with E-state index in [1.165, 1.54) is 5.75 Å². The smallest absolute Gasteiger partial charge is 0.265 e. The summed E-state index contributed by atoms with van der Waals surface area (Å²) in [7, 11) is 0. The van der Waals surface area contributed by atoms with Crippen LogP contribution in [-0.2, 0) is 0 Å². The van der Waals surface area contributed by atoms with Crippen LogP contribution in [0.5, 0.6) is 5.75 Å². The van der Waals surface area contributed by atoms with Crippen LogP contribution < -0.4 is 16.0 Å². The lowest BCUT2D eigenvalue weighted by Gasteiger charge is -2.37. The third kappa shape index (κ3) is 4.36. The molecule has 1 heterocycles. The number of amides is 1. The molecule has 1 saturated heterocycles. The molecule has 5 nitrogen and oxygen atoms in total. The van der Waals surface area contributed by atoms with Crippen molar-refractivity contribution in [2.24, 2.45) is 5.84 Å². The molecule has 1 fully saturated rings. The second-order valence-corrected chi connectivity index (χ2v) is 6.68. The molecule has 0 bridgehead atoms. The van der Waals surface area contributed by atoms with Gasteiger partial charge in [0.25, 0.3) is 5.91 Å². The highest BCUT2D eigenvalue weighted by molar-refractivity contribution is 8.00. The van der Waals surface area contributed by atoms with Crippen LogP contribution in [-0.4, -0.2) is 47.5 Å². The van der Waals surface area contributed by atoms with Crippen LogP contribution in [0.1, 0.15) is 24.2 Å². The Morgan fingerprint density at radius 2 is 2.14 bits per heavy atom. The highest BCUT2D eigenvalue weighted by Crippen LogP contribution is 2.23. The summed E-state index contributed by atoms with van der Waals surface area (Å²) in [5.41, 5.74) is 2.64. The Labute approximate surface area is 130 Å². The lowest BCUT2D eigenvalue weighted by molar-refractivity contribution is 0.0953. The monoisotopic (exact) mass is 309 g/mol. The van der Waals surface area contributed by atoms with E-state index in [0.717, 1.165) is 18.8 Å². The van der Waals surface area contributed by atoms with Crippen molar-refractivity contribution >= 4 is 17.7 Å². The molecule has 1 aromatic carbocycles. The number of nitrogens with zero attached hydrogens (tertiary/aromatic N) is 1. The highest BCUT2D eigenvalue weighted by Gasteiger charge is 2.24. The number of benzene rings is 1. The summed E-state index contributed by atoms with van der Waals surface area (Å²) >= 11 is 2.04. The number of thioether (sulfide) groups is 1. The average Bonchev–Trinajstić information content (AvgIpc) is 2.51. The number of carbonyl (C=O) groups is 1. The average molecular weight is 309 g/mol. The Hall–Kier alpha value is -1.24. The molecule has 0 aliphatic carbocycles. The summed E-state index contributed by atoms with van der Waals surface area (Å²) in [6, 6.07) is 7.59. The van der Waals surface area contributed by atoms with Gasteiger partial charge in [0.15, 0.2) is 0 Å². The van der Waals surface area contributed by atoms with E-state index in [9.17, 15) is 4.79 Å². The quantitative estimate of drug-likeness (QED) is 0.490. The maximum Gasteiger partial charge on any atom is 0.265 e. The van der Waals surface area contributed by atoms with Crippen molar-refractivity contribution in [2.45, 2.75) is 25.1 Å². The number of nitrogens with two attached hydrogens (primary N) is 1.